The van der Waals surface area contributed by atoms with Crippen LogP contribution in [0.25, 0.3) is 0 Å². The fourth-order valence-corrected chi connectivity index (χ4v) is 2.01. The topological polar surface area (TPSA) is 127 Å². The SMILES string of the molecule is Cc1oncc1C(=O)NC(CCS(C)(=O)=O)C(=O)O. The van der Waals surface area contributed by atoms with E-state index >= 15 is 0 Å². The van der Waals surface area contributed by atoms with Crippen molar-refractivity contribution in [2.45, 2.75) is 19.4 Å². The van der Waals surface area contributed by atoms with Crippen molar-refractivity contribution in [3.63, 3.8) is 0 Å². The van der Waals surface area contributed by atoms with E-state index in [1.165, 1.54) is 13.1 Å². The monoisotopic (exact) mass is 290 g/mol. The molecule has 1 aromatic rings. The maximum Gasteiger partial charge on any atom is 0.326 e. The molecule has 0 saturated heterocycles. The van der Waals surface area contributed by atoms with Gasteiger partial charge in [-0.3, -0.25) is 4.79 Å². The molecule has 0 radical (unpaired) electrons. The van der Waals surface area contributed by atoms with Crippen molar-refractivity contribution in [1.82, 2.24) is 10.5 Å². The summed E-state index contributed by atoms with van der Waals surface area (Å²) in [7, 11) is -3.30. The van der Waals surface area contributed by atoms with Crippen LogP contribution in [0.1, 0.15) is 22.5 Å². The van der Waals surface area contributed by atoms with E-state index in [-0.39, 0.29) is 23.5 Å². The van der Waals surface area contributed by atoms with Gasteiger partial charge in [-0.25, -0.2) is 13.2 Å². The summed E-state index contributed by atoms with van der Waals surface area (Å²) in [6.07, 6.45) is 1.96. The van der Waals surface area contributed by atoms with Crippen LogP contribution in [-0.2, 0) is 14.6 Å². The number of nitrogens with zero attached hydrogens (tertiary/aromatic N) is 1. The minimum Gasteiger partial charge on any atom is -0.480 e. The molecule has 9 heteroatoms. The number of rotatable bonds is 6. The Labute approximate surface area is 109 Å². The van der Waals surface area contributed by atoms with Gasteiger partial charge >= 0.3 is 5.97 Å². The Balaban J connectivity index is 2.72. The van der Waals surface area contributed by atoms with Gasteiger partial charge < -0.3 is 14.9 Å². The summed E-state index contributed by atoms with van der Waals surface area (Å²) in [5.41, 5.74) is 0.116. The van der Waals surface area contributed by atoms with Crippen LogP contribution in [0.4, 0.5) is 0 Å². The number of aliphatic carboxylic acids is 1. The van der Waals surface area contributed by atoms with Crippen LogP contribution in [0.5, 0.6) is 0 Å². The Kier molecular flexibility index (Phi) is 4.65. The Morgan fingerprint density at radius 2 is 2.16 bits per heavy atom. The summed E-state index contributed by atoms with van der Waals surface area (Å²) in [5.74, 6) is -2.04. The number of hydrogen-bond donors (Lipinski definition) is 2. The second-order valence-electron chi connectivity index (χ2n) is 4.08. The number of nitrogens with one attached hydrogen (secondary N) is 1. The zero-order valence-electron chi connectivity index (χ0n) is 10.4. The third-order valence-corrected chi connectivity index (χ3v) is 3.35. The lowest BCUT2D eigenvalue weighted by molar-refractivity contribution is -0.139. The van der Waals surface area contributed by atoms with Gasteiger partial charge in [0.05, 0.1) is 11.9 Å². The molecule has 1 heterocycles. The summed E-state index contributed by atoms with van der Waals surface area (Å²) in [5, 5.41) is 14.6. The Morgan fingerprint density at radius 3 is 2.58 bits per heavy atom. The van der Waals surface area contributed by atoms with Gasteiger partial charge in [-0.1, -0.05) is 5.16 Å². The zero-order valence-corrected chi connectivity index (χ0v) is 11.2. The molecule has 8 nitrogen and oxygen atoms in total. The van der Waals surface area contributed by atoms with Gasteiger partial charge in [-0.15, -0.1) is 0 Å². The van der Waals surface area contributed by atoms with Gasteiger partial charge in [-0.05, 0) is 13.3 Å². The summed E-state index contributed by atoms with van der Waals surface area (Å²) >= 11 is 0. The van der Waals surface area contributed by atoms with Crippen molar-refractivity contribution < 1.29 is 27.6 Å². The second kappa shape index (κ2) is 5.83. The van der Waals surface area contributed by atoms with E-state index in [1.807, 2.05) is 0 Å². The van der Waals surface area contributed by atoms with Crippen molar-refractivity contribution in [1.29, 1.82) is 0 Å². The lowest BCUT2D eigenvalue weighted by Gasteiger charge is -2.13. The smallest absolute Gasteiger partial charge is 0.326 e. The highest BCUT2D eigenvalue weighted by Crippen LogP contribution is 2.07. The Morgan fingerprint density at radius 1 is 1.53 bits per heavy atom. The van der Waals surface area contributed by atoms with Crippen LogP contribution in [0, 0.1) is 6.92 Å². The average molecular weight is 290 g/mol. The minimum atomic E-state index is -3.30. The number of hydrogen-bond acceptors (Lipinski definition) is 6. The standard InChI is InChI=1S/C10H14N2O6S/c1-6-7(5-11-18-6)9(13)12-8(10(14)15)3-4-19(2,16)17/h5,8H,3-4H2,1-2H3,(H,12,13)(H,14,15). The largest absolute Gasteiger partial charge is 0.480 e. The molecule has 0 saturated carbocycles. The fraction of sp³-hybridized carbons (Fsp3) is 0.500. The van der Waals surface area contributed by atoms with Crippen LogP contribution in [0.2, 0.25) is 0 Å². The van der Waals surface area contributed by atoms with E-state index in [1.54, 1.807) is 0 Å². The molecule has 0 aromatic carbocycles. The molecule has 1 unspecified atom stereocenters. The first-order valence-corrected chi connectivity index (χ1v) is 7.39. The van der Waals surface area contributed by atoms with Crippen molar-refractivity contribution in [2.75, 3.05) is 12.0 Å². The number of carboxylic acids is 1. The van der Waals surface area contributed by atoms with Gasteiger partial charge in [0.2, 0.25) is 0 Å². The predicted octanol–water partition coefficient (Wildman–Crippen LogP) is -0.399. The number of aromatic nitrogens is 1. The number of aryl methyl sites for hydroxylation is 1. The summed E-state index contributed by atoms with van der Waals surface area (Å²) in [4.78, 5) is 22.7. The summed E-state index contributed by atoms with van der Waals surface area (Å²) in [6.45, 7) is 1.51. The summed E-state index contributed by atoms with van der Waals surface area (Å²) < 4.78 is 26.7. The third kappa shape index (κ3) is 4.70. The highest BCUT2D eigenvalue weighted by molar-refractivity contribution is 7.90. The van der Waals surface area contributed by atoms with Gasteiger partial charge in [0.1, 0.15) is 27.2 Å². The van der Waals surface area contributed by atoms with E-state index in [0.29, 0.717) is 0 Å². The van der Waals surface area contributed by atoms with E-state index in [4.69, 9.17) is 5.11 Å². The first kappa shape index (κ1) is 15.2. The first-order chi connectivity index (χ1) is 8.70. The van der Waals surface area contributed by atoms with E-state index in [9.17, 15) is 18.0 Å². The van der Waals surface area contributed by atoms with Crippen molar-refractivity contribution in [3.05, 3.63) is 17.5 Å². The maximum atomic E-state index is 11.7. The summed E-state index contributed by atoms with van der Waals surface area (Å²) in [6, 6.07) is -1.28. The number of sulfone groups is 1. The molecule has 1 rings (SSSR count). The number of amides is 1. The molecule has 1 amide bonds. The van der Waals surface area contributed by atoms with Crippen LogP contribution in [-0.4, -0.2) is 48.6 Å². The van der Waals surface area contributed by atoms with Gasteiger partial charge in [0.15, 0.2) is 0 Å². The van der Waals surface area contributed by atoms with Crippen molar-refractivity contribution in [3.8, 4) is 0 Å². The zero-order chi connectivity index (χ0) is 14.6. The molecule has 0 aliphatic carbocycles. The van der Waals surface area contributed by atoms with Gasteiger partial charge in [0, 0.05) is 6.26 Å². The fourth-order valence-electron chi connectivity index (χ4n) is 1.34. The maximum absolute atomic E-state index is 11.7. The van der Waals surface area contributed by atoms with Crippen LogP contribution < -0.4 is 5.32 Å². The molecule has 1 atom stereocenters. The molecule has 0 spiro atoms. The van der Waals surface area contributed by atoms with Crippen molar-refractivity contribution >= 4 is 21.7 Å². The molecular formula is C10H14N2O6S. The van der Waals surface area contributed by atoms with E-state index in [2.05, 4.69) is 15.0 Å². The van der Waals surface area contributed by atoms with Gasteiger partial charge in [-0.2, -0.15) is 0 Å². The molecule has 1 aromatic heterocycles. The normalized spacial score (nSPS) is 12.9. The number of carbonyl (C=O) groups is 2. The minimum absolute atomic E-state index is 0.116. The molecule has 2 N–H and O–H groups in total. The first-order valence-electron chi connectivity index (χ1n) is 5.33. The molecular weight excluding hydrogens is 276 g/mol. The lowest BCUT2D eigenvalue weighted by atomic mass is 10.2. The van der Waals surface area contributed by atoms with Crippen molar-refractivity contribution in [2.24, 2.45) is 0 Å². The molecule has 19 heavy (non-hydrogen) atoms. The van der Waals surface area contributed by atoms with Crippen LogP contribution in [0.3, 0.4) is 0 Å². The molecule has 106 valence electrons. The van der Waals surface area contributed by atoms with Gasteiger partial charge in [0.25, 0.3) is 5.91 Å². The number of carboxylic acid groups (broad SMARTS) is 1. The van der Waals surface area contributed by atoms with E-state index < -0.39 is 27.8 Å². The predicted molar refractivity (Wildman–Crippen MR) is 64.5 cm³/mol. The number of carbonyl (C=O) groups excluding carboxylic acids is 1. The molecule has 0 aliphatic heterocycles. The average Bonchev–Trinajstić information content (AvgIpc) is 2.68. The quantitative estimate of drug-likeness (QED) is 0.729. The Hall–Kier alpha value is -1.90. The van der Waals surface area contributed by atoms with E-state index in [0.717, 1.165) is 6.26 Å². The van der Waals surface area contributed by atoms with Crippen LogP contribution >= 0.6 is 0 Å². The lowest BCUT2D eigenvalue weighted by Crippen LogP contribution is -2.42. The molecule has 0 aliphatic rings. The highest BCUT2D eigenvalue weighted by atomic mass is 32.2. The third-order valence-electron chi connectivity index (χ3n) is 2.38. The molecule has 0 bridgehead atoms. The second-order valence-corrected chi connectivity index (χ2v) is 6.34. The molecule has 0 fully saturated rings. The Bertz CT molecular complexity index is 577. The highest BCUT2D eigenvalue weighted by Gasteiger charge is 2.23. The van der Waals surface area contributed by atoms with Crippen LogP contribution in [0.15, 0.2) is 10.7 Å².